The summed E-state index contributed by atoms with van der Waals surface area (Å²) >= 11 is 0. The van der Waals surface area contributed by atoms with Crippen molar-refractivity contribution in [1.82, 2.24) is 15.0 Å². The van der Waals surface area contributed by atoms with Crippen LogP contribution in [0.4, 0.5) is 5.95 Å². The molecule has 0 aliphatic heterocycles. The Morgan fingerprint density at radius 2 is 2.00 bits per heavy atom. The first-order chi connectivity index (χ1) is 11.2. The van der Waals surface area contributed by atoms with E-state index >= 15 is 0 Å². The number of nitrogens with zero attached hydrogens (tertiary/aromatic N) is 3. The molecule has 2 aromatic heterocycles. The van der Waals surface area contributed by atoms with Crippen molar-refractivity contribution in [3.05, 3.63) is 60.0 Å². The number of rotatable bonds is 5. The van der Waals surface area contributed by atoms with Crippen LogP contribution in [-0.2, 0) is 4.74 Å². The maximum absolute atomic E-state index is 12.1. The van der Waals surface area contributed by atoms with Crippen molar-refractivity contribution in [3.63, 3.8) is 0 Å². The van der Waals surface area contributed by atoms with Gasteiger partial charge in [-0.2, -0.15) is 0 Å². The molecule has 0 saturated heterocycles. The van der Waals surface area contributed by atoms with Gasteiger partial charge in [0.15, 0.2) is 0 Å². The lowest BCUT2D eigenvalue weighted by molar-refractivity contribution is 0.0520. The van der Waals surface area contributed by atoms with Crippen LogP contribution in [0.1, 0.15) is 16.1 Å². The zero-order valence-corrected chi connectivity index (χ0v) is 12.7. The molecule has 0 aliphatic carbocycles. The maximum Gasteiger partial charge on any atom is 0.338 e. The highest BCUT2D eigenvalue weighted by Gasteiger charge is 2.08. The van der Waals surface area contributed by atoms with Crippen molar-refractivity contribution in [3.8, 4) is 0 Å². The van der Waals surface area contributed by atoms with Crippen molar-refractivity contribution < 1.29 is 9.53 Å². The van der Waals surface area contributed by atoms with Gasteiger partial charge in [-0.25, -0.2) is 14.8 Å². The fourth-order valence-electron chi connectivity index (χ4n) is 2.13. The van der Waals surface area contributed by atoms with E-state index in [1.54, 1.807) is 30.6 Å². The van der Waals surface area contributed by atoms with Crippen LogP contribution in [-0.4, -0.2) is 34.1 Å². The summed E-state index contributed by atoms with van der Waals surface area (Å²) in [6, 6.07) is 10.9. The molecule has 1 aromatic carbocycles. The van der Waals surface area contributed by atoms with Gasteiger partial charge in [0.2, 0.25) is 5.95 Å². The number of carbonyl (C=O) groups is 1. The normalized spacial score (nSPS) is 10.5. The SMILES string of the molecule is Cc1ccc2cc(C(=O)OCCNc3ncccn3)ccc2n1. The number of anilines is 1. The third-order valence-electron chi connectivity index (χ3n) is 3.25. The molecule has 6 nitrogen and oxygen atoms in total. The number of aromatic nitrogens is 3. The van der Waals surface area contributed by atoms with Crippen molar-refractivity contribution in [2.45, 2.75) is 6.92 Å². The lowest BCUT2D eigenvalue weighted by Gasteiger charge is -2.07. The minimum absolute atomic E-state index is 0.237. The van der Waals surface area contributed by atoms with E-state index in [0.29, 0.717) is 18.1 Å². The second-order valence-electron chi connectivity index (χ2n) is 5.00. The van der Waals surface area contributed by atoms with Crippen LogP contribution < -0.4 is 5.32 Å². The number of carbonyl (C=O) groups excluding carboxylic acids is 1. The summed E-state index contributed by atoms with van der Waals surface area (Å²) in [5, 5.41) is 3.90. The van der Waals surface area contributed by atoms with Gasteiger partial charge in [0.25, 0.3) is 0 Å². The van der Waals surface area contributed by atoms with Gasteiger partial charge < -0.3 is 10.1 Å². The molecule has 3 rings (SSSR count). The standard InChI is InChI=1S/C17H16N4O2/c1-12-3-4-13-11-14(5-6-15(13)21-12)16(22)23-10-9-20-17-18-7-2-8-19-17/h2-8,11H,9-10H2,1H3,(H,18,19,20). The summed E-state index contributed by atoms with van der Waals surface area (Å²) in [6.45, 7) is 2.62. The molecule has 0 spiro atoms. The van der Waals surface area contributed by atoms with Crippen LogP contribution in [0.5, 0.6) is 0 Å². The summed E-state index contributed by atoms with van der Waals surface area (Å²) in [6.07, 6.45) is 3.29. The van der Waals surface area contributed by atoms with Crippen molar-refractivity contribution >= 4 is 22.8 Å². The third kappa shape index (κ3) is 3.79. The number of aryl methyl sites for hydroxylation is 1. The number of fused-ring (bicyclic) bond motifs is 1. The first kappa shape index (κ1) is 14.9. The molecule has 0 unspecified atom stereocenters. The molecule has 23 heavy (non-hydrogen) atoms. The number of ether oxygens (including phenoxy) is 1. The van der Waals surface area contributed by atoms with Gasteiger partial charge in [-0.05, 0) is 37.3 Å². The highest BCUT2D eigenvalue weighted by atomic mass is 16.5. The van der Waals surface area contributed by atoms with E-state index in [4.69, 9.17) is 4.74 Å². The van der Waals surface area contributed by atoms with Crippen LogP contribution >= 0.6 is 0 Å². The monoisotopic (exact) mass is 308 g/mol. The second-order valence-corrected chi connectivity index (χ2v) is 5.00. The van der Waals surface area contributed by atoms with Gasteiger partial charge in [0.1, 0.15) is 6.61 Å². The predicted octanol–water partition coefficient (Wildman–Crippen LogP) is 2.60. The summed E-state index contributed by atoms with van der Waals surface area (Å²) in [5.74, 6) is 0.152. The van der Waals surface area contributed by atoms with E-state index in [2.05, 4.69) is 20.3 Å². The predicted molar refractivity (Wildman–Crippen MR) is 87.3 cm³/mol. The molecular weight excluding hydrogens is 292 g/mol. The topological polar surface area (TPSA) is 77.0 Å². The number of hydrogen-bond donors (Lipinski definition) is 1. The van der Waals surface area contributed by atoms with E-state index < -0.39 is 0 Å². The maximum atomic E-state index is 12.1. The largest absolute Gasteiger partial charge is 0.460 e. The summed E-state index contributed by atoms with van der Waals surface area (Å²) in [4.78, 5) is 24.5. The summed E-state index contributed by atoms with van der Waals surface area (Å²) in [7, 11) is 0. The highest BCUT2D eigenvalue weighted by molar-refractivity contribution is 5.94. The minimum atomic E-state index is -0.358. The zero-order valence-electron chi connectivity index (χ0n) is 12.7. The van der Waals surface area contributed by atoms with E-state index in [1.165, 1.54) is 0 Å². The second kappa shape index (κ2) is 6.83. The Morgan fingerprint density at radius 3 is 2.83 bits per heavy atom. The molecule has 1 N–H and O–H groups in total. The van der Waals surface area contributed by atoms with Gasteiger partial charge in [-0.15, -0.1) is 0 Å². The molecule has 0 fully saturated rings. The Kier molecular flexibility index (Phi) is 4.42. The van der Waals surface area contributed by atoms with Crippen LogP contribution in [0.25, 0.3) is 10.9 Å². The van der Waals surface area contributed by atoms with E-state index in [9.17, 15) is 4.79 Å². The molecule has 6 heteroatoms. The summed E-state index contributed by atoms with van der Waals surface area (Å²) in [5.41, 5.74) is 2.32. The third-order valence-corrected chi connectivity index (χ3v) is 3.25. The Labute approximate surface area is 133 Å². The molecule has 3 aromatic rings. The minimum Gasteiger partial charge on any atom is -0.460 e. The highest BCUT2D eigenvalue weighted by Crippen LogP contribution is 2.15. The quantitative estimate of drug-likeness (QED) is 0.576. The lowest BCUT2D eigenvalue weighted by atomic mass is 10.1. The molecule has 0 saturated carbocycles. The van der Waals surface area contributed by atoms with Crippen LogP contribution in [0.3, 0.4) is 0 Å². The first-order valence-electron chi connectivity index (χ1n) is 7.28. The molecule has 0 amide bonds. The van der Waals surface area contributed by atoms with Crippen molar-refractivity contribution in [1.29, 1.82) is 0 Å². The Morgan fingerprint density at radius 1 is 1.17 bits per heavy atom. The summed E-state index contributed by atoms with van der Waals surface area (Å²) < 4.78 is 5.25. The molecule has 0 bridgehead atoms. The average molecular weight is 308 g/mol. The number of benzene rings is 1. The Balaban J connectivity index is 1.57. The molecule has 116 valence electrons. The van der Waals surface area contributed by atoms with E-state index in [0.717, 1.165) is 16.6 Å². The van der Waals surface area contributed by atoms with E-state index in [-0.39, 0.29) is 12.6 Å². The first-order valence-corrected chi connectivity index (χ1v) is 7.28. The molecule has 0 aliphatic rings. The smallest absolute Gasteiger partial charge is 0.338 e. The number of nitrogens with one attached hydrogen (secondary N) is 1. The van der Waals surface area contributed by atoms with Gasteiger partial charge in [-0.3, -0.25) is 4.98 Å². The fraction of sp³-hybridized carbons (Fsp3) is 0.176. The van der Waals surface area contributed by atoms with Crippen LogP contribution in [0.15, 0.2) is 48.8 Å². The molecule has 0 atom stereocenters. The Hall–Kier alpha value is -3.02. The average Bonchev–Trinajstić information content (AvgIpc) is 2.59. The zero-order chi connectivity index (χ0) is 16.1. The lowest BCUT2D eigenvalue weighted by Crippen LogP contribution is -2.15. The van der Waals surface area contributed by atoms with Gasteiger partial charge in [-0.1, -0.05) is 6.07 Å². The number of esters is 1. The molecule has 0 radical (unpaired) electrons. The molecular formula is C17H16N4O2. The van der Waals surface area contributed by atoms with Gasteiger partial charge >= 0.3 is 5.97 Å². The number of pyridine rings is 1. The molecule has 2 heterocycles. The van der Waals surface area contributed by atoms with Gasteiger partial charge in [0.05, 0.1) is 17.6 Å². The van der Waals surface area contributed by atoms with E-state index in [1.807, 2.05) is 25.1 Å². The number of hydrogen-bond acceptors (Lipinski definition) is 6. The fourth-order valence-corrected chi connectivity index (χ4v) is 2.13. The van der Waals surface area contributed by atoms with Crippen molar-refractivity contribution in [2.75, 3.05) is 18.5 Å². The van der Waals surface area contributed by atoms with Crippen molar-refractivity contribution in [2.24, 2.45) is 0 Å². The van der Waals surface area contributed by atoms with Crippen LogP contribution in [0.2, 0.25) is 0 Å². The van der Waals surface area contributed by atoms with Crippen LogP contribution in [0, 0.1) is 6.92 Å². The Bertz CT molecular complexity index is 821. The van der Waals surface area contributed by atoms with Gasteiger partial charge in [0, 0.05) is 23.5 Å².